The number of rotatable bonds is 5. The molecule has 3 aliphatic rings. The van der Waals surface area contributed by atoms with Crippen molar-refractivity contribution in [3.8, 4) is 0 Å². The number of nitrogens with one attached hydrogen (secondary N) is 3. The van der Waals surface area contributed by atoms with Crippen LogP contribution in [-0.2, 0) is 25.4 Å². The van der Waals surface area contributed by atoms with Gasteiger partial charge in [0.1, 0.15) is 6.04 Å². The van der Waals surface area contributed by atoms with Crippen LogP contribution in [0.2, 0.25) is 5.02 Å². The highest BCUT2D eigenvalue weighted by Crippen LogP contribution is 2.52. The number of aromatic nitrogens is 2. The second-order valence-corrected chi connectivity index (χ2v) is 13.4. The van der Waals surface area contributed by atoms with E-state index in [9.17, 15) is 19.5 Å². The molecule has 0 radical (unpaired) electrons. The molecule has 1 saturated carbocycles. The number of hydrogen-bond acceptors (Lipinski definition) is 5. The lowest BCUT2D eigenvalue weighted by Crippen LogP contribution is -2.60. The molecule has 216 valence electrons. The Morgan fingerprint density at radius 2 is 1.90 bits per heavy atom. The normalized spacial score (nSPS) is 28.4. The second kappa shape index (κ2) is 10.2. The third-order valence-corrected chi connectivity index (χ3v) is 9.78. The molecule has 1 aromatic carbocycles. The predicted molar refractivity (Wildman–Crippen MR) is 153 cm³/mol. The molecular weight excluding hydrogens is 530 g/mol. The van der Waals surface area contributed by atoms with E-state index in [0.29, 0.717) is 49.6 Å². The molecule has 2 fully saturated rings. The van der Waals surface area contributed by atoms with Gasteiger partial charge in [-0.2, -0.15) is 5.10 Å². The van der Waals surface area contributed by atoms with Crippen molar-refractivity contribution in [1.29, 1.82) is 0 Å². The fraction of sp³-hybridized carbons (Fsp3) is 0.600. The highest BCUT2D eigenvalue weighted by molar-refractivity contribution is 6.30. The first-order chi connectivity index (χ1) is 18.8. The summed E-state index contributed by atoms with van der Waals surface area (Å²) in [5, 5.41) is 25.5. The maximum atomic E-state index is 13.8. The lowest BCUT2D eigenvalue weighted by molar-refractivity contribution is -0.157. The largest absolute Gasteiger partial charge is 0.384 e. The molecule has 5 rings (SSSR count). The van der Waals surface area contributed by atoms with Crippen LogP contribution >= 0.6 is 11.6 Å². The average molecular weight is 570 g/mol. The van der Waals surface area contributed by atoms with Gasteiger partial charge in [0.25, 0.3) is 0 Å². The number of carbonyl (C=O) groups excluding carboxylic acids is 3. The molecule has 1 unspecified atom stereocenters. The number of H-pyrrole nitrogens is 1. The molecule has 40 heavy (non-hydrogen) atoms. The van der Waals surface area contributed by atoms with Crippen LogP contribution in [0.15, 0.2) is 24.3 Å². The Morgan fingerprint density at radius 3 is 2.55 bits per heavy atom. The van der Waals surface area contributed by atoms with Gasteiger partial charge in [0, 0.05) is 52.5 Å². The van der Waals surface area contributed by atoms with E-state index < -0.39 is 22.5 Å². The molecule has 0 bridgehead atoms. The number of nitrogens with zero attached hydrogens (tertiary/aromatic N) is 2. The van der Waals surface area contributed by atoms with Gasteiger partial charge in [0.15, 0.2) is 5.82 Å². The van der Waals surface area contributed by atoms with Crippen molar-refractivity contribution < 1.29 is 19.5 Å². The monoisotopic (exact) mass is 569 g/mol. The van der Waals surface area contributed by atoms with Crippen LogP contribution < -0.4 is 10.6 Å². The summed E-state index contributed by atoms with van der Waals surface area (Å²) in [5.74, 6) is -0.207. The van der Waals surface area contributed by atoms with Crippen molar-refractivity contribution >= 4 is 35.1 Å². The topological polar surface area (TPSA) is 127 Å². The van der Waals surface area contributed by atoms with Crippen LogP contribution in [0.4, 0.5) is 5.82 Å². The van der Waals surface area contributed by atoms with E-state index in [1.807, 2.05) is 46.8 Å². The number of aromatic amines is 1. The summed E-state index contributed by atoms with van der Waals surface area (Å²) in [6.45, 7) is 10.5. The standard InChI is InChI=1S/C30H40ClN5O4/c1-17(2)24(27(39)36-13-12-30(40,28(4,5)16-36)20-6-8-21(31)9-7-20)33-26(38)19-10-11-29(14-19)15-22(37)32-25-23(29)18(3)34-35-25/h6-9,17,19,24,40H,10-16H2,1-5H3,(H,33,38)(H2,32,34,35,37)/t19-,24-,29?,30+/m1/s1. The van der Waals surface area contributed by atoms with E-state index in [2.05, 4.69) is 20.8 Å². The van der Waals surface area contributed by atoms with Crippen molar-refractivity contribution in [3.05, 3.63) is 46.1 Å². The Kier molecular flexibility index (Phi) is 7.28. The SMILES string of the molecule is Cc1[nH]nc2c1C1(CC[C@@H](C(=O)N[C@@H](C(=O)N3CC[C@](O)(c4ccc(Cl)cc4)C(C)(C)C3)C(C)C)C1)CC(=O)N2. The zero-order chi connectivity index (χ0) is 29.0. The molecule has 1 aliphatic carbocycles. The maximum Gasteiger partial charge on any atom is 0.245 e. The summed E-state index contributed by atoms with van der Waals surface area (Å²) >= 11 is 6.07. The smallest absolute Gasteiger partial charge is 0.245 e. The van der Waals surface area contributed by atoms with Crippen LogP contribution in [0.1, 0.15) is 76.6 Å². The van der Waals surface area contributed by atoms with Gasteiger partial charge in [-0.1, -0.05) is 51.4 Å². The van der Waals surface area contributed by atoms with Crippen LogP contribution in [0.5, 0.6) is 0 Å². The summed E-state index contributed by atoms with van der Waals surface area (Å²) in [4.78, 5) is 41.6. The molecule has 1 saturated heterocycles. The van der Waals surface area contributed by atoms with Gasteiger partial charge in [0.2, 0.25) is 17.7 Å². The highest BCUT2D eigenvalue weighted by atomic mass is 35.5. The van der Waals surface area contributed by atoms with Gasteiger partial charge < -0.3 is 20.6 Å². The molecule has 1 aromatic heterocycles. The summed E-state index contributed by atoms with van der Waals surface area (Å²) < 4.78 is 0. The van der Waals surface area contributed by atoms with Gasteiger partial charge in [-0.3, -0.25) is 19.5 Å². The van der Waals surface area contributed by atoms with Crippen LogP contribution in [0.3, 0.4) is 0 Å². The first-order valence-corrected chi connectivity index (χ1v) is 14.6. The average Bonchev–Trinajstić information content (AvgIpc) is 3.47. The molecule has 4 N–H and O–H groups in total. The Morgan fingerprint density at radius 1 is 1.20 bits per heavy atom. The third-order valence-electron chi connectivity index (χ3n) is 9.53. The summed E-state index contributed by atoms with van der Waals surface area (Å²) in [5.41, 5.74) is 0.543. The number of benzene rings is 1. The lowest BCUT2D eigenvalue weighted by atomic mass is 9.66. The number of amides is 3. The van der Waals surface area contributed by atoms with Gasteiger partial charge >= 0.3 is 0 Å². The quantitative estimate of drug-likeness (QED) is 0.432. The van der Waals surface area contributed by atoms with Gasteiger partial charge in [-0.15, -0.1) is 0 Å². The van der Waals surface area contributed by atoms with Crippen molar-refractivity contribution in [2.45, 2.75) is 83.8 Å². The van der Waals surface area contributed by atoms with E-state index in [1.54, 1.807) is 17.0 Å². The van der Waals surface area contributed by atoms with Crippen molar-refractivity contribution in [2.75, 3.05) is 18.4 Å². The van der Waals surface area contributed by atoms with E-state index in [0.717, 1.165) is 23.2 Å². The Balaban J connectivity index is 1.28. The molecule has 3 heterocycles. The molecule has 2 aliphatic heterocycles. The lowest BCUT2D eigenvalue weighted by Gasteiger charge is -2.51. The van der Waals surface area contributed by atoms with Crippen molar-refractivity contribution in [1.82, 2.24) is 20.4 Å². The van der Waals surface area contributed by atoms with Crippen LogP contribution in [0.25, 0.3) is 0 Å². The van der Waals surface area contributed by atoms with E-state index >= 15 is 0 Å². The van der Waals surface area contributed by atoms with Crippen molar-refractivity contribution in [2.24, 2.45) is 17.3 Å². The summed E-state index contributed by atoms with van der Waals surface area (Å²) in [7, 11) is 0. The number of carbonyl (C=O) groups is 3. The molecular formula is C30H40ClN5O4. The maximum absolute atomic E-state index is 13.8. The fourth-order valence-corrected chi connectivity index (χ4v) is 7.36. The van der Waals surface area contributed by atoms with Crippen LogP contribution in [-0.4, -0.2) is 57.1 Å². The molecule has 10 heteroatoms. The van der Waals surface area contributed by atoms with Crippen LogP contribution in [0, 0.1) is 24.2 Å². The van der Waals surface area contributed by atoms with E-state index in [1.165, 1.54) is 0 Å². The first-order valence-electron chi connectivity index (χ1n) is 14.2. The minimum atomic E-state index is -1.11. The number of halogens is 1. The predicted octanol–water partition coefficient (Wildman–Crippen LogP) is 4.04. The number of aryl methyl sites for hydroxylation is 1. The minimum absolute atomic E-state index is 0.0819. The highest BCUT2D eigenvalue weighted by Gasteiger charge is 2.52. The number of anilines is 1. The third kappa shape index (κ3) is 4.81. The molecule has 9 nitrogen and oxygen atoms in total. The zero-order valence-corrected chi connectivity index (χ0v) is 24.7. The Labute approximate surface area is 240 Å². The number of likely N-dealkylation sites (tertiary alicyclic amines) is 1. The zero-order valence-electron chi connectivity index (χ0n) is 23.9. The van der Waals surface area contributed by atoms with Gasteiger partial charge in [0.05, 0.1) is 5.60 Å². The molecule has 3 amide bonds. The van der Waals surface area contributed by atoms with E-state index in [-0.39, 0.29) is 29.6 Å². The molecule has 4 atom stereocenters. The Bertz CT molecular complexity index is 1320. The number of hydrogen-bond donors (Lipinski definition) is 4. The first kappa shape index (κ1) is 28.6. The summed E-state index contributed by atoms with van der Waals surface area (Å²) in [6.07, 6.45) is 2.62. The second-order valence-electron chi connectivity index (χ2n) is 13.0. The van der Waals surface area contributed by atoms with Gasteiger partial charge in [-0.25, -0.2) is 0 Å². The fourth-order valence-electron chi connectivity index (χ4n) is 7.23. The number of aliphatic hydroxyl groups is 1. The summed E-state index contributed by atoms with van der Waals surface area (Å²) in [6, 6.07) is 6.55. The Hall–Kier alpha value is -2.91. The van der Waals surface area contributed by atoms with Gasteiger partial charge in [-0.05, 0) is 56.2 Å². The molecule has 1 spiro atoms. The van der Waals surface area contributed by atoms with E-state index in [4.69, 9.17) is 11.6 Å². The minimum Gasteiger partial charge on any atom is -0.384 e. The number of fused-ring (bicyclic) bond motifs is 2. The van der Waals surface area contributed by atoms with Crippen molar-refractivity contribution in [3.63, 3.8) is 0 Å². The molecule has 2 aromatic rings. The number of piperidine rings is 1.